The smallest absolute Gasteiger partial charge is 0.272 e. The van der Waals surface area contributed by atoms with Crippen LogP contribution in [-0.2, 0) is 17.4 Å². The van der Waals surface area contributed by atoms with E-state index in [1.54, 1.807) is 28.0 Å². The second kappa shape index (κ2) is 9.44. The Labute approximate surface area is 208 Å². The number of nitrogens with one attached hydrogen (secondary N) is 1. The highest BCUT2D eigenvalue weighted by molar-refractivity contribution is 6.05. The number of hydrogen-bond acceptors (Lipinski definition) is 5. The molecule has 0 bridgehead atoms. The van der Waals surface area contributed by atoms with Crippen LogP contribution in [0.15, 0.2) is 24.3 Å². The average Bonchev–Trinajstić information content (AvgIpc) is 3.07. The molecule has 7 heteroatoms. The van der Waals surface area contributed by atoms with Crippen molar-refractivity contribution in [3.05, 3.63) is 57.9 Å². The number of Topliss-reactive ketones (excluding diaryl/α,β-unsaturated/α-hetero) is 1. The summed E-state index contributed by atoms with van der Waals surface area (Å²) in [5.74, 6) is 0.0949. The zero-order valence-electron chi connectivity index (χ0n) is 22.2. The summed E-state index contributed by atoms with van der Waals surface area (Å²) in [6.07, 6.45) is 0. The molecule has 0 spiro atoms. The van der Waals surface area contributed by atoms with E-state index < -0.39 is 0 Å². The van der Waals surface area contributed by atoms with Gasteiger partial charge in [-0.05, 0) is 42.9 Å². The van der Waals surface area contributed by atoms with Crippen LogP contribution in [0.25, 0.3) is 0 Å². The maximum Gasteiger partial charge on any atom is 0.272 e. The van der Waals surface area contributed by atoms with E-state index in [1.807, 2.05) is 61.5 Å². The van der Waals surface area contributed by atoms with Crippen molar-refractivity contribution >= 4 is 17.5 Å². The zero-order valence-corrected chi connectivity index (χ0v) is 22.2. The summed E-state index contributed by atoms with van der Waals surface area (Å²) in [6, 6.07) is 7.08. The molecule has 1 aliphatic rings. The predicted molar refractivity (Wildman–Crippen MR) is 139 cm³/mol. The van der Waals surface area contributed by atoms with E-state index in [9.17, 15) is 14.7 Å². The molecule has 1 aromatic carbocycles. The number of amidine groups is 1. The van der Waals surface area contributed by atoms with Crippen molar-refractivity contribution in [3.8, 4) is 5.75 Å². The van der Waals surface area contributed by atoms with Crippen molar-refractivity contribution in [2.45, 2.75) is 72.8 Å². The van der Waals surface area contributed by atoms with Crippen LogP contribution in [0.3, 0.4) is 0 Å². The number of benzene rings is 1. The third-order valence-electron chi connectivity index (χ3n) is 6.53. The summed E-state index contributed by atoms with van der Waals surface area (Å²) in [6.45, 7) is 17.5. The van der Waals surface area contributed by atoms with Gasteiger partial charge in [-0.25, -0.2) is 4.98 Å². The Hall–Kier alpha value is -3.22. The summed E-state index contributed by atoms with van der Waals surface area (Å²) in [5, 5.41) is 19.6. The van der Waals surface area contributed by atoms with Gasteiger partial charge in [-0.3, -0.25) is 15.0 Å². The van der Waals surface area contributed by atoms with E-state index in [-0.39, 0.29) is 40.7 Å². The number of carbonyl (C=O) groups excluding carboxylic acids is 2. The molecular formula is C28H38N4O3. The molecule has 7 nitrogen and oxygen atoms in total. The quantitative estimate of drug-likeness (QED) is 0.576. The molecule has 2 aromatic rings. The fraction of sp³-hybridized carbons (Fsp3) is 0.500. The van der Waals surface area contributed by atoms with Crippen molar-refractivity contribution in [2.75, 3.05) is 19.6 Å². The molecule has 0 aliphatic carbocycles. The number of aromatic nitrogens is 1. The largest absolute Gasteiger partial charge is 0.507 e. The Bertz CT molecular complexity index is 1130. The first-order valence-electron chi connectivity index (χ1n) is 12.2. The normalized spacial score (nSPS) is 13.7. The molecule has 0 saturated heterocycles. The van der Waals surface area contributed by atoms with Crippen molar-refractivity contribution in [2.24, 2.45) is 0 Å². The van der Waals surface area contributed by atoms with Gasteiger partial charge in [0.1, 0.15) is 23.0 Å². The van der Waals surface area contributed by atoms with Crippen molar-refractivity contribution in [3.63, 3.8) is 0 Å². The van der Waals surface area contributed by atoms with Gasteiger partial charge < -0.3 is 14.9 Å². The molecule has 0 unspecified atom stereocenters. The summed E-state index contributed by atoms with van der Waals surface area (Å²) in [4.78, 5) is 34.0. The number of fused-ring (bicyclic) bond motifs is 1. The minimum Gasteiger partial charge on any atom is -0.507 e. The van der Waals surface area contributed by atoms with Crippen LogP contribution in [0, 0.1) is 5.41 Å². The fourth-order valence-corrected chi connectivity index (χ4v) is 4.39. The van der Waals surface area contributed by atoms with Crippen LogP contribution in [0.1, 0.15) is 98.6 Å². The maximum absolute atomic E-state index is 13.4. The highest BCUT2D eigenvalue weighted by Crippen LogP contribution is 2.40. The molecule has 1 aliphatic heterocycles. The number of pyridine rings is 1. The Morgan fingerprint density at radius 3 is 2.06 bits per heavy atom. The predicted octanol–water partition coefficient (Wildman–Crippen LogP) is 4.89. The Morgan fingerprint density at radius 1 is 1.03 bits per heavy atom. The van der Waals surface area contributed by atoms with Crippen molar-refractivity contribution < 1.29 is 14.7 Å². The van der Waals surface area contributed by atoms with E-state index >= 15 is 0 Å². The van der Waals surface area contributed by atoms with Crippen molar-refractivity contribution in [1.29, 1.82) is 5.41 Å². The number of nitrogens with zero attached hydrogens (tertiary/aromatic N) is 3. The van der Waals surface area contributed by atoms with Gasteiger partial charge in [0.2, 0.25) is 0 Å². The Balaban J connectivity index is 1.89. The SMILES string of the molecule is CCN(CC)C(=O)c1ccc2c(n1)C(=N)N(CC(=O)c1cc(C(C)(C)C)c(O)c(C(C)(C)C)c1)C2. The number of rotatable bonds is 6. The van der Waals surface area contributed by atoms with E-state index in [4.69, 9.17) is 5.41 Å². The molecule has 0 fully saturated rings. The van der Waals surface area contributed by atoms with Crippen molar-refractivity contribution in [1.82, 2.24) is 14.8 Å². The summed E-state index contributed by atoms with van der Waals surface area (Å²) >= 11 is 0. The van der Waals surface area contributed by atoms with Gasteiger partial charge in [0, 0.05) is 41.9 Å². The molecule has 1 aromatic heterocycles. The van der Waals surface area contributed by atoms with Crippen LogP contribution < -0.4 is 0 Å². The maximum atomic E-state index is 13.4. The average molecular weight is 479 g/mol. The van der Waals surface area contributed by atoms with Crippen LogP contribution >= 0.6 is 0 Å². The first-order valence-corrected chi connectivity index (χ1v) is 12.2. The minimum atomic E-state index is -0.339. The lowest BCUT2D eigenvalue weighted by molar-refractivity contribution is 0.0766. The molecule has 0 radical (unpaired) electrons. The van der Waals surface area contributed by atoms with Gasteiger partial charge in [-0.1, -0.05) is 47.6 Å². The number of ketones is 1. The van der Waals surface area contributed by atoms with Crippen LogP contribution in [-0.4, -0.2) is 57.1 Å². The molecule has 35 heavy (non-hydrogen) atoms. The van der Waals surface area contributed by atoms with Gasteiger partial charge in [-0.2, -0.15) is 0 Å². The number of hydrogen-bond donors (Lipinski definition) is 2. The highest BCUT2D eigenvalue weighted by Gasteiger charge is 2.31. The van der Waals surface area contributed by atoms with E-state index in [0.29, 0.717) is 36.6 Å². The first kappa shape index (κ1) is 26.4. The van der Waals surface area contributed by atoms with E-state index in [1.165, 1.54) is 0 Å². The van der Waals surface area contributed by atoms with Crippen LogP contribution in [0.5, 0.6) is 5.75 Å². The molecule has 1 amide bonds. The second-order valence-electron chi connectivity index (χ2n) is 11.2. The molecular weight excluding hydrogens is 440 g/mol. The third-order valence-corrected chi connectivity index (χ3v) is 6.53. The minimum absolute atomic E-state index is 0.0203. The summed E-state index contributed by atoms with van der Waals surface area (Å²) in [7, 11) is 0. The van der Waals surface area contributed by atoms with E-state index in [0.717, 1.165) is 16.7 Å². The Kier molecular flexibility index (Phi) is 7.12. The molecule has 2 N–H and O–H groups in total. The lowest BCUT2D eigenvalue weighted by Gasteiger charge is -2.28. The topological polar surface area (TPSA) is 97.6 Å². The number of carbonyl (C=O) groups is 2. The number of phenols is 1. The summed E-state index contributed by atoms with van der Waals surface area (Å²) < 4.78 is 0. The molecule has 188 valence electrons. The highest BCUT2D eigenvalue weighted by atomic mass is 16.3. The Morgan fingerprint density at radius 2 is 1.57 bits per heavy atom. The first-order chi connectivity index (χ1) is 16.2. The standard InChI is InChI=1S/C28H38N4O3/c1-9-31(10-2)26(35)21-12-11-17-15-32(25(29)23(17)30-21)16-22(33)18-13-19(27(3,4)5)24(34)20(14-18)28(6,7)8/h11-14,29,34H,9-10,15-16H2,1-8H3. The van der Waals surface area contributed by atoms with Gasteiger partial charge in [0.05, 0.1) is 6.54 Å². The van der Waals surface area contributed by atoms with E-state index in [2.05, 4.69) is 4.98 Å². The molecule has 0 atom stereocenters. The van der Waals surface area contributed by atoms with Crippen LogP contribution in [0.4, 0.5) is 0 Å². The molecule has 2 heterocycles. The zero-order chi connectivity index (χ0) is 26.3. The molecule has 0 saturated carbocycles. The lowest BCUT2D eigenvalue weighted by Crippen LogP contribution is -2.32. The molecule has 3 rings (SSSR count). The van der Waals surface area contributed by atoms with Crippen LogP contribution in [0.2, 0.25) is 0 Å². The third kappa shape index (κ3) is 5.24. The van der Waals surface area contributed by atoms with Gasteiger partial charge in [0.25, 0.3) is 5.91 Å². The number of aromatic hydroxyl groups is 1. The number of amides is 1. The second-order valence-corrected chi connectivity index (χ2v) is 11.2. The monoisotopic (exact) mass is 478 g/mol. The van der Waals surface area contributed by atoms with Gasteiger partial charge in [0.15, 0.2) is 5.78 Å². The van der Waals surface area contributed by atoms with Gasteiger partial charge >= 0.3 is 0 Å². The fourth-order valence-electron chi connectivity index (χ4n) is 4.39. The summed E-state index contributed by atoms with van der Waals surface area (Å²) in [5.41, 5.74) is 2.90. The number of phenolic OH excluding ortho intramolecular Hbond substituents is 1. The van der Waals surface area contributed by atoms with Gasteiger partial charge in [-0.15, -0.1) is 0 Å². The lowest BCUT2D eigenvalue weighted by atomic mass is 9.78.